The van der Waals surface area contributed by atoms with Gasteiger partial charge in [0, 0.05) is 12.0 Å². The van der Waals surface area contributed by atoms with Gasteiger partial charge in [-0.3, -0.25) is 14.4 Å². The highest BCUT2D eigenvalue weighted by molar-refractivity contribution is 6.08. The summed E-state index contributed by atoms with van der Waals surface area (Å²) >= 11 is 0. The van der Waals surface area contributed by atoms with E-state index in [9.17, 15) is 14.4 Å². The highest BCUT2D eigenvalue weighted by Gasteiger charge is 2.18. The molecule has 0 aliphatic carbocycles. The average molecular weight is 264 g/mol. The van der Waals surface area contributed by atoms with Crippen molar-refractivity contribution in [2.75, 3.05) is 6.79 Å². The van der Waals surface area contributed by atoms with Gasteiger partial charge >= 0.3 is 5.97 Å². The predicted molar refractivity (Wildman–Crippen MR) is 63.4 cm³/mol. The maximum Gasteiger partial charge on any atom is 0.303 e. The van der Waals surface area contributed by atoms with Gasteiger partial charge in [0.05, 0.1) is 12.8 Å². The van der Waals surface area contributed by atoms with Gasteiger partial charge < -0.3 is 14.6 Å². The van der Waals surface area contributed by atoms with Gasteiger partial charge in [-0.05, 0) is 18.2 Å². The molecule has 2 rings (SSSR count). The summed E-state index contributed by atoms with van der Waals surface area (Å²) < 4.78 is 10.2. The Morgan fingerprint density at radius 3 is 2.58 bits per heavy atom. The van der Waals surface area contributed by atoms with Crippen molar-refractivity contribution in [1.29, 1.82) is 0 Å². The van der Waals surface area contributed by atoms with Crippen LogP contribution in [0.2, 0.25) is 0 Å². The van der Waals surface area contributed by atoms with Gasteiger partial charge in [0.1, 0.15) is 5.78 Å². The molecule has 0 atom stereocenters. The summed E-state index contributed by atoms with van der Waals surface area (Å²) in [5.41, 5.74) is 0.355. The van der Waals surface area contributed by atoms with E-state index in [-0.39, 0.29) is 37.6 Å². The Labute approximate surface area is 108 Å². The van der Waals surface area contributed by atoms with Crippen LogP contribution in [0.1, 0.15) is 29.6 Å². The zero-order chi connectivity index (χ0) is 13.8. The van der Waals surface area contributed by atoms with Crippen molar-refractivity contribution in [3.05, 3.63) is 23.8 Å². The largest absolute Gasteiger partial charge is 0.481 e. The highest BCUT2D eigenvalue weighted by atomic mass is 16.7. The van der Waals surface area contributed by atoms with Crippen LogP contribution in [0.25, 0.3) is 0 Å². The van der Waals surface area contributed by atoms with Crippen molar-refractivity contribution in [2.24, 2.45) is 0 Å². The minimum absolute atomic E-state index is 0.116. The lowest BCUT2D eigenvalue weighted by atomic mass is 10.0. The third kappa shape index (κ3) is 3.31. The molecular weight excluding hydrogens is 252 g/mol. The van der Waals surface area contributed by atoms with E-state index in [0.717, 1.165) is 0 Å². The third-order valence-electron chi connectivity index (χ3n) is 2.67. The molecule has 0 radical (unpaired) electrons. The fourth-order valence-electron chi connectivity index (χ4n) is 1.69. The Hall–Kier alpha value is -2.37. The topological polar surface area (TPSA) is 89.9 Å². The molecule has 1 aliphatic heterocycles. The highest BCUT2D eigenvalue weighted by Crippen LogP contribution is 2.32. The van der Waals surface area contributed by atoms with Gasteiger partial charge in [0.2, 0.25) is 6.79 Å². The number of carboxylic acid groups (broad SMARTS) is 1. The fourth-order valence-corrected chi connectivity index (χ4v) is 1.69. The number of ketones is 2. The summed E-state index contributed by atoms with van der Waals surface area (Å²) in [5.74, 6) is -0.750. The van der Waals surface area contributed by atoms with Crippen LogP contribution in [-0.2, 0) is 9.59 Å². The van der Waals surface area contributed by atoms with E-state index < -0.39 is 5.97 Å². The van der Waals surface area contributed by atoms with E-state index in [1.54, 1.807) is 12.1 Å². The summed E-state index contributed by atoms with van der Waals surface area (Å²) in [5, 5.41) is 8.45. The summed E-state index contributed by atoms with van der Waals surface area (Å²) in [6, 6.07) is 4.69. The molecule has 1 N–H and O–H groups in total. The van der Waals surface area contributed by atoms with Crippen LogP contribution < -0.4 is 9.47 Å². The molecule has 0 fully saturated rings. The van der Waals surface area contributed by atoms with Crippen LogP contribution >= 0.6 is 0 Å². The summed E-state index contributed by atoms with van der Waals surface area (Å²) in [4.78, 5) is 33.6. The zero-order valence-corrected chi connectivity index (χ0v) is 10.0. The fraction of sp³-hybridized carbons (Fsp3) is 0.308. The molecule has 0 bridgehead atoms. The molecule has 0 aromatic heterocycles. The quantitative estimate of drug-likeness (QED) is 0.617. The molecule has 1 aliphatic rings. The van der Waals surface area contributed by atoms with Gasteiger partial charge in [-0.25, -0.2) is 0 Å². The monoisotopic (exact) mass is 264 g/mol. The number of carbonyl (C=O) groups is 3. The van der Waals surface area contributed by atoms with Crippen molar-refractivity contribution in [1.82, 2.24) is 0 Å². The van der Waals surface area contributed by atoms with Crippen LogP contribution in [0.3, 0.4) is 0 Å². The Bertz CT molecular complexity index is 534. The number of ether oxygens (including phenoxy) is 2. The van der Waals surface area contributed by atoms with Crippen LogP contribution in [0.15, 0.2) is 18.2 Å². The lowest BCUT2D eigenvalue weighted by molar-refractivity contribution is -0.138. The van der Waals surface area contributed by atoms with Crippen molar-refractivity contribution in [3.63, 3.8) is 0 Å². The van der Waals surface area contributed by atoms with E-state index >= 15 is 0 Å². The number of carbonyl (C=O) groups excluding carboxylic acids is 2. The van der Waals surface area contributed by atoms with E-state index in [4.69, 9.17) is 14.6 Å². The van der Waals surface area contributed by atoms with Crippen molar-refractivity contribution >= 4 is 17.5 Å². The first-order valence-electron chi connectivity index (χ1n) is 5.72. The lowest BCUT2D eigenvalue weighted by Gasteiger charge is -2.02. The molecular formula is C13H12O6. The Morgan fingerprint density at radius 1 is 1.11 bits per heavy atom. The second kappa shape index (κ2) is 5.51. The standard InChI is InChI=1S/C13H12O6/c14-9(2-4-13(16)17)6-10(15)8-1-3-11-12(5-8)19-7-18-11/h1,3,5H,2,4,6-7H2,(H,16,17). The van der Waals surface area contributed by atoms with E-state index in [2.05, 4.69) is 0 Å². The van der Waals surface area contributed by atoms with Crippen LogP contribution in [-0.4, -0.2) is 29.4 Å². The second-order valence-electron chi connectivity index (χ2n) is 4.10. The summed E-state index contributed by atoms with van der Waals surface area (Å²) in [6.07, 6.45) is -0.689. The maximum absolute atomic E-state index is 11.8. The number of aliphatic carboxylic acids is 1. The van der Waals surface area contributed by atoms with Crippen LogP contribution in [0.4, 0.5) is 0 Å². The Kier molecular flexibility index (Phi) is 3.79. The SMILES string of the molecule is O=C(O)CCC(=O)CC(=O)c1ccc2c(c1)OCO2. The van der Waals surface area contributed by atoms with E-state index in [1.165, 1.54) is 6.07 Å². The zero-order valence-electron chi connectivity index (χ0n) is 10.0. The first kappa shape index (κ1) is 13.1. The molecule has 0 saturated heterocycles. The van der Waals surface area contributed by atoms with Crippen LogP contribution in [0, 0.1) is 0 Å². The average Bonchev–Trinajstić information content (AvgIpc) is 2.83. The first-order valence-corrected chi connectivity index (χ1v) is 5.72. The minimum atomic E-state index is -1.05. The molecule has 1 aromatic carbocycles. The molecule has 1 heterocycles. The number of hydrogen-bond donors (Lipinski definition) is 1. The molecule has 100 valence electrons. The second-order valence-corrected chi connectivity index (χ2v) is 4.10. The number of rotatable bonds is 6. The maximum atomic E-state index is 11.8. The van der Waals surface area contributed by atoms with Gasteiger partial charge in [-0.2, -0.15) is 0 Å². The number of benzene rings is 1. The van der Waals surface area contributed by atoms with Crippen LogP contribution in [0.5, 0.6) is 11.5 Å². The molecule has 0 amide bonds. The molecule has 6 nitrogen and oxygen atoms in total. The molecule has 19 heavy (non-hydrogen) atoms. The number of Topliss-reactive ketones (excluding diaryl/α,β-unsaturated/α-hetero) is 2. The lowest BCUT2D eigenvalue weighted by Crippen LogP contribution is -2.10. The van der Waals surface area contributed by atoms with Crippen molar-refractivity contribution in [3.8, 4) is 11.5 Å². The van der Waals surface area contributed by atoms with E-state index in [1.807, 2.05) is 0 Å². The molecule has 0 unspecified atom stereocenters. The Morgan fingerprint density at radius 2 is 1.84 bits per heavy atom. The van der Waals surface area contributed by atoms with Gasteiger partial charge in [0.15, 0.2) is 17.3 Å². The molecule has 0 saturated carbocycles. The van der Waals surface area contributed by atoms with Gasteiger partial charge in [-0.1, -0.05) is 0 Å². The summed E-state index contributed by atoms with van der Waals surface area (Å²) in [6.45, 7) is 0.116. The van der Waals surface area contributed by atoms with Gasteiger partial charge in [-0.15, -0.1) is 0 Å². The van der Waals surface area contributed by atoms with Gasteiger partial charge in [0.25, 0.3) is 0 Å². The van der Waals surface area contributed by atoms with E-state index in [0.29, 0.717) is 17.1 Å². The van der Waals surface area contributed by atoms with Crippen molar-refractivity contribution in [2.45, 2.75) is 19.3 Å². The number of hydrogen-bond acceptors (Lipinski definition) is 5. The van der Waals surface area contributed by atoms with Crippen molar-refractivity contribution < 1.29 is 29.0 Å². The number of carboxylic acids is 1. The normalized spacial score (nSPS) is 12.2. The third-order valence-corrected chi connectivity index (χ3v) is 2.67. The summed E-state index contributed by atoms with van der Waals surface area (Å²) in [7, 11) is 0. The minimum Gasteiger partial charge on any atom is -0.481 e. The Balaban J connectivity index is 1.96. The molecule has 1 aromatic rings. The molecule has 6 heteroatoms. The number of fused-ring (bicyclic) bond motifs is 1. The smallest absolute Gasteiger partial charge is 0.303 e. The molecule has 0 spiro atoms. The predicted octanol–water partition coefficient (Wildman–Crippen LogP) is 1.42. The first-order chi connectivity index (χ1) is 9.06.